The van der Waals surface area contributed by atoms with E-state index in [9.17, 15) is 28.1 Å². The number of benzene rings is 3. The number of nitrogens with one attached hydrogen (secondary N) is 1. The van der Waals surface area contributed by atoms with Crippen molar-refractivity contribution in [1.82, 2.24) is 10.2 Å². The molecular formula is C25H24Cl2N4O6S. The van der Waals surface area contributed by atoms with Crippen LogP contribution in [0.4, 0.5) is 11.4 Å². The lowest BCUT2D eigenvalue weighted by Gasteiger charge is -2.32. The number of nitro benzene ring substituents is 1. The molecule has 3 aromatic rings. The molecule has 13 heteroatoms. The van der Waals surface area contributed by atoms with Crippen LogP contribution in [0.3, 0.4) is 0 Å². The average Bonchev–Trinajstić information content (AvgIpc) is 2.91. The van der Waals surface area contributed by atoms with Crippen LogP contribution >= 0.6 is 23.2 Å². The fourth-order valence-electron chi connectivity index (χ4n) is 3.63. The summed E-state index contributed by atoms with van der Waals surface area (Å²) in [7, 11) is -2.88. The number of hydrogen-bond donors (Lipinski definition) is 1. The summed E-state index contributed by atoms with van der Waals surface area (Å²) in [4.78, 5) is 37.8. The van der Waals surface area contributed by atoms with Crippen molar-refractivity contribution in [3.63, 3.8) is 0 Å². The van der Waals surface area contributed by atoms with Gasteiger partial charge < -0.3 is 10.2 Å². The zero-order valence-electron chi connectivity index (χ0n) is 20.4. The lowest BCUT2D eigenvalue weighted by Crippen LogP contribution is -2.50. The Bertz CT molecular complexity index is 1420. The van der Waals surface area contributed by atoms with Gasteiger partial charge in [0, 0.05) is 41.3 Å². The fourth-order valence-corrected chi connectivity index (χ4v) is 5.59. The molecule has 0 heterocycles. The molecule has 0 spiro atoms. The van der Waals surface area contributed by atoms with Gasteiger partial charge in [0.1, 0.15) is 12.6 Å². The van der Waals surface area contributed by atoms with Crippen molar-refractivity contribution >= 4 is 56.4 Å². The van der Waals surface area contributed by atoms with Gasteiger partial charge in [-0.3, -0.25) is 24.0 Å². The summed E-state index contributed by atoms with van der Waals surface area (Å²) in [5, 5.41) is 14.1. The van der Waals surface area contributed by atoms with Crippen LogP contribution in [0, 0.1) is 10.1 Å². The molecule has 1 N–H and O–H groups in total. The highest BCUT2D eigenvalue weighted by Gasteiger charge is 2.33. The highest BCUT2D eigenvalue weighted by atomic mass is 35.5. The van der Waals surface area contributed by atoms with E-state index in [0.717, 1.165) is 16.4 Å². The Morgan fingerprint density at radius 3 is 2.08 bits per heavy atom. The minimum absolute atomic E-state index is 0.0242. The van der Waals surface area contributed by atoms with Crippen LogP contribution in [0.25, 0.3) is 0 Å². The summed E-state index contributed by atoms with van der Waals surface area (Å²) in [6, 6.07) is 16.0. The van der Waals surface area contributed by atoms with Crippen LogP contribution in [0.15, 0.2) is 77.7 Å². The van der Waals surface area contributed by atoms with E-state index in [1.54, 1.807) is 24.3 Å². The van der Waals surface area contributed by atoms with E-state index in [-0.39, 0.29) is 32.9 Å². The Labute approximate surface area is 230 Å². The summed E-state index contributed by atoms with van der Waals surface area (Å²) in [6.45, 7) is 0.604. The number of nitrogens with zero attached hydrogens (tertiary/aromatic N) is 3. The summed E-state index contributed by atoms with van der Waals surface area (Å²) >= 11 is 12.6. The van der Waals surface area contributed by atoms with Crippen LogP contribution in [0.2, 0.25) is 10.0 Å². The Morgan fingerprint density at radius 2 is 1.55 bits per heavy atom. The molecule has 0 aromatic heterocycles. The van der Waals surface area contributed by atoms with Crippen molar-refractivity contribution in [2.45, 2.75) is 24.4 Å². The number of carbonyl (C=O) groups excluding carboxylic acids is 2. The molecule has 1 atom stereocenters. The Morgan fingerprint density at radius 1 is 0.974 bits per heavy atom. The Balaban J connectivity index is 2.07. The van der Waals surface area contributed by atoms with Gasteiger partial charge in [0.2, 0.25) is 11.8 Å². The van der Waals surface area contributed by atoms with Crippen molar-refractivity contribution in [1.29, 1.82) is 0 Å². The van der Waals surface area contributed by atoms with Crippen LogP contribution < -0.4 is 9.62 Å². The molecule has 1 unspecified atom stereocenters. The molecule has 0 aliphatic heterocycles. The zero-order chi connectivity index (χ0) is 28.0. The molecule has 0 radical (unpaired) electrons. The smallest absolute Gasteiger partial charge is 0.269 e. The molecule has 0 saturated carbocycles. The van der Waals surface area contributed by atoms with Gasteiger partial charge in [0.15, 0.2) is 0 Å². The monoisotopic (exact) mass is 578 g/mol. The second kappa shape index (κ2) is 12.2. The standard InChI is InChI=1S/C25H24Cl2N4O6S/c1-17(25(33)28-2)29(15-21-22(26)9-6-10-23(21)27)24(32)16-30(18-11-13-19(14-12-18)31(34)35)38(36,37)20-7-4-3-5-8-20/h3-14,17H,15-16H2,1-2H3,(H,28,33). The number of anilines is 1. The minimum Gasteiger partial charge on any atom is -0.357 e. The van der Waals surface area contributed by atoms with Crippen LogP contribution in [0.1, 0.15) is 12.5 Å². The quantitative estimate of drug-likeness (QED) is 0.282. The largest absolute Gasteiger partial charge is 0.357 e. The normalized spacial score (nSPS) is 11.9. The molecule has 3 aromatic carbocycles. The molecule has 2 amide bonds. The van der Waals surface area contributed by atoms with Gasteiger partial charge >= 0.3 is 0 Å². The maximum atomic E-state index is 13.7. The van der Waals surface area contributed by atoms with Gasteiger partial charge in [-0.05, 0) is 43.3 Å². The number of amides is 2. The number of sulfonamides is 1. The third-order valence-corrected chi connectivity index (χ3v) is 8.26. The fraction of sp³-hybridized carbons (Fsp3) is 0.200. The predicted molar refractivity (Wildman–Crippen MR) is 145 cm³/mol. The number of nitro groups is 1. The van der Waals surface area contributed by atoms with Crippen LogP contribution in [-0.4, -0.2) is 49.7 Å². The average molecular weight is 579 g/mol. The van der Waals surface area contributed by atoms with Gasteiger partial charge in [0.05, 0.1) is 15.5 Å². The molecule has 0 bridgehead atoms. The first-order valence-electron chi connectivity index (χ1n) is 11.2. The highest BCUT2D eigenvalue weighted by molar-refractivity contribution is 7.92. The lowest BCUT2D eigenvalue weighted by atomic mass is 10.1. The first-order valence-corrected chi connectivity index (χ1v) is 13.4. The lowest BCUT2D eigenvalue weighted by molar-refractivity contribution is -0.384. The Hall–Kier alpha value is -3.67. The Kier molecular flexibility index (Phi) is 9.31. The number of hydrogen-bond acceptors (Lipinski definition) is 6. The predicted octanol–water partition coefficient (Wildman–Crippen LogP) is 4.26. The summed E-state index contributed by atoms with van der Waals surface area (Å²) in [6.07, 6.45) is 0. The number of likely N-dealkylation sites (N-methyl/N-ethyl adjacent to an activating group) is 1. The third-order valence-electron chi connectivity index (χ3n) is 5.76. The van der Waals surface area contributed by atoms with Gasteiger partial charge in [-0.2, -0.15) is 0 Å². The van der Waals surface area contributed by atoms with E-state index < -0.39 is 39.3 Å². The molecule has 0 aliphatic rings. The molecule has 3 rings (SSSR count). The van der Waals surface area contributed by atoms with Crippen LogP contribution in [0.5, 0.6) is 0 Å². The van der Waals surface area contributed by atoms with E-state index >= 15 is 0 Å². The van der Waals surface area contributed by atoms with E-state index in [4.69, 9.17) is 23.2 Å². The van der Waals surface area contributed by atoms with Gasteiger partial charge in [-0.15, -0.1) is 0 Å². The summed E-state index contributed by atoms with van der Waals surface area (Å²) in [5.74, 6) is -1.22. The zero-order valence-corrected chi connectivity index (χ0v) is 22.7. The first-order chi connectivity index (χ1) is 18.0. The number of carbonyl (C=O) groups is 2. The van der Waals surface area contributed by atoms with Gasteiger partial charge in [0.25, 0.3) is 15.7 Å². The molecule has 0 saturated heterocycles. The van der Waals surface area contributed by atoms with Gasteiger partial charge in [-0.1, -0.05) is 47.5 Å². The minimum atomic E-state index is -4.29. The molecular weight excluding hydrogens is 555 g/mol. The molecule has 0 fully saturated rings. The van der Waals surface area contributed by atoms with Crippen molar-refractivity contribution in [2.75, 3.05) is 17.9 Å². The van der Waals surface area contributed by atoms with E-state index in [1.807, 2.05) is 0 Å². The van der Waals surface area contributed by atoms with Crippen molar-refractivity contribution in [2.24, 2.45) is 0 Å². The maximum Gasteiger partial charge on any atom is 0.269 e. The van der Waals surface area contributed by atoms with Crippen LogP contribution in [-0.2, 0) is 26.2 Å². The SMILES string of the molecule is CNC(=O)C(C)N(Cc1c(Cl)cccc1Cl)C(=O)CN(c1ccc([N+](=O)[O-])cc1)S(=O)(=O)c1ccccc1. The molecule has 0 aliphatic carbocycles. The molecule has 38 heavy (non-hydrogen) atoms. The molecule has 10 nitrogen and oxygen atoms in total. The van der Waals surface area contributed by atoms with Crippen molar-refractivity contribution in [3.8, 4) is 0 Å². The highest BCUT2D eigenvalue weighted by Crippen LogP contribution is 2.29. The second-order valence-electron chi connectivity index (χ2n) is 8.11. The topological polar surface area (TPSA) is 130 Å². The number of halogens is 2. The second-order valence-corrected chi connectivity index (χ2v) is 10.8. The number of rotatable bonds is 10. The third kappa shape index (κ3) is 6.42. The molecule has 200 valence electrons. The summed E-state index contributed by atoms with van der Waals surface area (Å²) < 4.78 is 28.1. The number of non-ortho nitro benzene ring substituents is 1. The van der Waals surface area contributed by atoms with E-state index in [2.05, 4.69) is 5.32 Å². The first kappa shape index (κ1) is 28.9. The van der Waals surface area contributed by atoms with Crippen molar-refractivity contribution in [3.05, 3.63) is 98.5 Å². The van der Waals surface area contributed by atoms with E-state index in [0.29, 0.717) is 5.56 Å². The summed E-state index contributed by atoms with van der Waals surface area (Å²) in [5.41, 5.74) is 0.157. The maximum absolute atomic E-state index is 13.7. The van der Waals surface area contributed by atoms with Gasteiger partial charge in [-0.25, -0.2) is 8.42 Å². The van der Waals surface area contributed by atoms with Crippen molar-refractivity contribution < 1.29 is 22.9 Å². The van der Waals surface area contributed by atoms with E-state index in [1.165, 1.54) is 55.3 Å².